The molecule has 0 unspecified atom stereocenters. The first-order valence-electron chi connectivity index (χ1n) is 8.68. The zero-order chi connectivity index (χ0) is 18.7. The predicted octanol–water partition coefficient (Wildman–Crippen LogP) is 3.84. The molecule has 1 amide bonds. The van der Waals surface area contributed by atoms with Crippen molar-refractivity contribution in [3.8, 4) is 0 Å². The highest BCUT2D eigenvalue weighted by atomic mass is 16.5. The summed E-state index contributed by atoms with van der Waals surface area (Å²) >= 11 is 0. The van der Waals surface area contributed by atoms with Gasteiger partial charge in [-0.1, -0.05) is 42.5 Å². The average molecular weight is 343 g/mol. The second kappa shape index (κ2) is 11.2. The lowest BCUT2D eigenvalue weighted by Gasteiger charge is -2.22. The highest BCUT2D eigenvalue weighted by Crippen LogP contribution is 2.11. The van der Waals surface area contributed by atoms with Gasteiger partial charge in [-0.05, 0) is 38.2 Å². The van der Waals surface area contributed by atoms with Gasteiger partial charge in [-0.2, -0.15) is 0 Å². The van der Waals surface area contributed by atoms with Crippen LogP contribution in [0.2, 0.25) is 0 Å². The summed E-state index contributed by atoms with van der Waals surface area (Å²) in [6.07, 6.45) is 5.14. The molecule has 25 heavy (non-hydrogen) atoms. The van der Waals surface area contributed by atoms with Gasteiger partial charge in [0.1, 0.15) is 0 Å². The van der Waals surface area contributed by atoms with Crippen LogP contribution in [0.5, 0.6) is 0 Å². The number of rotatable bonds is 11. The molecule has 0 bridgehead atoms. The summed E-state index contributed by atoms with van der Waals surface area (Å²) < 4.78 is 4.60. The number of amides is 1. The van der Waals surface area contributed by atoms with Gasteiger partial charge in [-0.25, -0.2) is 0 Å². The van der Waals surface area contributed by atoms with E-state index in [4.69, 9.17) is 0 Å². The molecule has 136 valence electrons. The lowest BCUT2D eigenvalue weighted by Crippen LogP contribution is -2.33. The van der Waals surface area contributed by atoms with Crippen LogP contribution in [0.15, 0.2) is 49.1 Å². The first kappa shape index (κ1) is 20.7. The average Bonchev–Trinajstić information content (AvgIpc) is 2.62. The van der Waals surface area contributed by atoms with Crippen LogP contribution in [0.4, 0.5) is 0 Å². The van der Waals surface area contributed by atoms with E-state index in [9.17, 15) is 9.59 Å². The summed E-state index contributed by atoms with van der Waals surface area (Å²) in [6, 6.07) is 8.54. The molecule has 0 radical (unpaired) electrons. The maximum absolute atomic E-state index is 12.5. The second-order valence-electron chi connectivity index (χ2n) is 6.16. The highest BCUT2D eigenvalue weighted by Gasteiger charge is 2.16. The van der Waals surface area contributed by atoms with Crippen molar-refractivity contribution < 1.29 is 14.3 Å². The Balaban J connectivity index is 2.42. The molecule has 0 aliphatic carbocycles. The Kier molecular flexibility index (Phi) is 9.30. The van der Waals surface area contributed by atoms with Gasteiger partial charge in [0.15, 0.2) is 0 Å². The molecule has 4 heteroatoms. The van der Waals surface area contributed by atoms with Crippen LogP contribution in [0.1, 0.15) is 36.8 Å². The van der Waals surface area contributed by atoms with Crippen LogP contribution in [-0.4, -0.2) is 37.0 Å². The van der Waals surface area contributed by atoms with Gasteiger partial charge in [0.2, 0.25) is 5.91 Å². The van der Waals surface area contributed by atoms with Crippen molar-refractivity contribution in [2.45, 2.75) is 39.0 Å². The summed E-state index contributed by atoms with van der Waals surface area (Å²) in [7, 11) is 1.34. The molecule has 0 aliphatic heterocycles. The fourth-order valence-corrected chi connectivity index (χ4v) is 2.50. The van der Waals surface area contributed by atoms with E-state index in [1.807, 2.05) is 0 Å². The Hall–Kier alpha value is -2.36. The lowest BCUT2D eigenvalue weighted by molar-refractivity contribution is -0.140. The van der Waals surface area contributed by atoms with E-state index in [1.54, 1.807) is 11.0 Å². The topological polar surface area (TPSA) is 46.6 Å². The minimum atomic E-state index is -0.331. The molecule has 0 aliphatic rings. The number of benzene rings is 1. The fraction of sp³-hybridized carbons (Fsp3) is 0.429. The number of ether oxygens (including phenoxy) is 1. The van der Waals surface area contributed by atoms with E-state index in [0.717, 1.165) is 19.3 Å². The molecule has 0 saturated carbocycles. The third kappa shape index (κ3) is 7.84. The molecule has 0 N–H and O–H groups in total. The molecular formula is C21H29NO3. The van der Waals surface area contributed by atoms with Crippen molar-refractivity contribution in [2.24, 2.45) is 0 Å². The van der Waals surface area contributed by atoms with Gasteiger partial charge in [0, 0.05) is 25.1 Å². The molecule has 0 aromatic heterocycles. The van der Waals surface area contributed by atoms with Crippen LogP contribution < -0.4 is 0 Å². The van der Waals surface area contributed by atoms with Crippen molar-refractivity contribution in [3.05, 3.63) is 60.2 Å². The molecular weight excluding hydrogens is 314 g/mol. The van der Waals surface area contributed by atoms with E-state index in [0.29, 0.717) is 25.1 Å². The van der Waals surface area contributed by atoms with Gasteiger partial charge < -0.3 is 9.64 Å². The first-order chi connectivity index (χ1) is 12.0. The SMILES string of the molecule is C=CCN(CCCCc1ccc(C)cc1)C(=O)C(=C)CCC(=O)OC. The van der Waals surface area contributed by atoms with Gasteiger partial charge in [-0.15, -0.1) is 6.58 Å². The quantitative estimate of drug-likeness (QED) is 0.265. The Labute approximate surface area is 151 Å². The highest BCUT2D eigenvalue weighted by molar-refractivity contribution is 5.93. The number of methoxy groups -OCH3 is 1. The van der Waals surface area contributed by atoms with Gasteiger partial charge in [0.25, 0.3) is 0 Å². The van der Waals surface area contributed by atoms with Crippen molar-refractivity contribution >= 4 is 11.9 Å². The zero-order valence-electron chi connectivity index (χ0n) is 15.4. The normalized spacial score (nSPS) is 10.2. The van der Waals surface area contributed by atoms with Gasteiger partial charge in [0.05, 0.1) is 7.11 Å². The minimum absolute atomic E-state index is 0.112. The Morgan fingerprint density at radius 2 is 1.84 bits per heavy atom. The number of carbonyl (C=O) groups excluding carboxylic acids is 2. The van der Waals surface area contributed by atoms with E-state index < -0.39 is 0 Å². The summed E-state index contributed by atoms with van der Waals surface area (Å²) in [5, 5.41) is 0. The standard InChI is InChI=1S/C21H29NO3/c1-5-15-22(21(24)18(3)11-14-20(23)25-4)16-7-6-8-19-12-9-17(2)10-13-19/h5,9-10,12-13H,1,3,6-8,11,14-16H2,2,4H3. The summed E-state index contributed by atoms with van der Waals surface area (Å²) in [5.74, 6) is -0.443. The van der Waals surface area contributed by atoms with E-state index >= 15 is 0 Å². The van der Waals surface area contributed by atoms with E-state index in [2.05, 4.69) is 49.1 Å². The van der Waals surface area contributed by atoms with Crippen LogP contribution >= 0.6 is 0 Å². The minimum Gasteiger partial charge on any atom is -0.469 e. The van der Waals surface area contributed by atoms with E-state index in [-0.39, 0.29) is 18.3 Å². The maximum Gasteiger partial charge on any atom is 0.305 e. The number of carbonyl (C=O) groups is 2. The van der Waals surface area contributed by atoms with Crippen molar-refractivity contribution in [3.63, 3.8) is 0 Å². The molecule has 0 atom stereocenters. The molecule has 4 nitrogen and oxygen atoms in total. The lowest BCUT2D eigenvalue weighted by atomic mass is 10.1. The number of nitrogens with zero attached hydrogens (tertiary/aromatic N) is 1. The number of hydrogen-bond donors (Lipinski definition) is 0. The third-order valence-corrected chi connectivity index (χ3v) is 4.06. The zero-order valence-corrected chi connectivity index (χ0v) is 15.4. The molecule has 1 aromatic carbocycles. The monoisotopic (exact) mass is 343 g/mol. The van der Waals surface area contributed by atoms with Crippen LogP contribution in [0.25, 0.3) is 0 Å². The van der Waals surface area contributed by atoms with E-state index in [1.165, 1.54) is 18.2 Å². The number of esters is 1. The van der Waals surface area contributed by atoms with Crippen molar-refractivity contribution in [1.29, 1.82) is 0 Å². The summed E-state index contributed by atoms with van der Waals surface area (Å²) in [5.41, 5.74) is 3.01. The third-order valence-electron chi connectivity index (χ3n) is 4.06. The Bertz CT molecular complexity index is 590. The first-order valence-corrected chi connectivity index (χ1v) is 8.68. The Morgan fingerprint density at radius 1 is 1.16 bits per heavy atom. The molecule has 1 aromatic rings. The summed E-state index contributed by atoms with van der Waals surface area (Å²) in [6.45, 7) is 10.8. The van der Waals surface area contributed by atoms with Crippen LogP contribution in [-0.2, 0) is 20.7 Å². The predicted molar refractivity (Wildman–Crippen MR) is 101 cm³/mol. The molecule has 1 rings (SSSR count). The van der Waals surface area contributed by atoms with Gasteiger partial charge in [-0.3, -0.25) is 9.59 Å². The molecule has 0 spiro atoms. The summed E-state index contributed by atoms with van der Waals surface area (Å²) in [4.78, 5) is 25.4. The maximum atomic E-state index is 12.5. The number of aryl methyl sites for hydroxylation is 2. The van der Waals surface area contributed by atoms with Crippen LogP contribution in [0, 0.1) is 6.92 Å². The Morgan fingerprint density at radius 3 is 2.44 bits per heavy atom. The largest absolute Gasteiger partial charge is 0.469 e. The molecule has 0 fully saturated rings. The number of unbranched alkanes of at least 4 members (excludes halogenated alkanes) is 1. The van der Waals surface area contributed by atoms with Gasteiger partial charge >= 0.3 is 5.97 Å². The molecule has 0 saturated heterocycles. The smallest absolute Gasteiger partial charge is 0.305 e. The number of hydrogen-bond acceptors (Lipinski definition) is 3. The fourth-order valence-electron chi connectivity index (χ4n) is 2.50. The van der Waals surface area contributed by atoms with Crippen molar-refractivity contribution in [1.82, 2.24) is 4.90 Å². The molecule has 0 heterocycles. The van der Waals surface area contributed by atoms with Crippen LogP contribution in [0.3, 0.4) is 0 Å². The van der Waals surface area contributed by atoms with Crippen molar-refractivity contribution in [2.75, 3.05) is 20.2 Å². The second-order valence-corrected chi connectivity index (χ2v) is 6.16.